The van der Waals surface area contributed by atoms with Gasteiger partial charge in [-0.3, -0.25) is 0 Å². The van der Waals surface area contributed by atoms with Crippen molar-refractivity contribution >= 4 is 23.4 Å². The smallest absolute Gasteiger partial charge is 0.0728 e. The number of nitrogens with one attached hydrogen (secondary N) is 1. The van der Waals surface area contributed by atoms with Crippen molar-refractivity contribution in [3.63, 3.8) is 0 Å². The van der Waals surface area contributed by atoms with Crippen molar-refractivity contribution in [1.82, 2.24) is 10.2 Å². The number of thioether (sulfide) groups is 1. The maximum absolute atomic E-state index is 11.7. The maximum atomic E-state index is 11.7. The second kappa shape index (κ2) is 12.2. The van der Waals surface area contributed by atoms with Crippen LogP contribution < -0.4 is 5.32 Å². The van der Waals surface area contributed by atoms with E-state index in [1.54, 1.807) is 11.8 Å². The topological polar surface area (TPSA) is 35.5 Å². The molecule has 158 valence electrons. The molecule has 0 radical (unpaired) electrons. The fourth-order valence-electron chi connectivity index (χ4n) is 4.18. The van der Waals surface area contributed by atoms with Crippen LogP contribution in [0.5, 0.6) is 0 Å². The number of allylic oxidation sites excluding steroid dienone is 3. The molecule has 1 aliphatic carbocycles. The van der Waals surface area contributed by atoms with Gasteiger partial charge in [0, 0.05) is 49.4 Å². The summed E-state index contributed by atoms with van der Waals surface area (Å²) < 4.78 is 0. The van der Waals surface area contributed by atoms with Gasteiger partial charge in [-0.25, -0.2) is 0 Å². The lowest BCUT2D eigenvalue weighted by atomic mass is 9.71. The van der Waals surface area contributed by atoms with Gasteiger partial charge in [-0.15, -0.1) is 18.3 Å². The zero-order chi connectivity index (χ0) is 20.4. The summed E-state index contributed by atoms with van der Waals surface area (Å²) in [6.07, 6.45) is 9.84. The first-order valence-electron chi connectivity index (χ1n) is 10.6. The largest absolute Gasteiger partial charge is 0.389 e. The second-order valence-electron chi connectivity index (χ2n) is 7.93. The third kappa shape index (κ3) is 7.07. The first kappa shape index (κ1) is 23.8. The third-order valence-corrected chi connectivity index (χ3v) is 7.08. The molecule has 2 N–H and O–H groups in total. The lowest BCUT2D eigenvalue weighted by Crippen LogP contribution is -2.51. The Morgan fingerprint density at radius 2 is 1.96 bits per heavy atom. The number of halogens is 1. The summed E-state index contributed by atoms with van der Waals surface area (Å²) in [4.78, 5) is 2.48. The summed E-state index contributed by atoms with van der Waals surface area (Å²) in [5.41, 5.74) is 1.41. The van der Waals surface area contributed by atoms with Gasteiger partial charge >= 0.3 is 0 Å². The van der Waals surface area contributed by atoms with E-state index in [2.05, 4.69) is 35.7 Å². The van der Waals surface area contributed by atoms with Crippen LogP contribution in [0.4, 0.5) is 0 Å². The Morgan fingerprint density at radius 1 is 1.29 bits per heavy atom. The minimum Gasteiger partial charge on any atom is -0.389 e. The molecular weight excluding hydrogens is 388 g/mol. The van der Waals surface area contributed by atoms with Crippen LogP contribution in [-0.2, 0) is 0 Å². The average Bonchev–Trinajstić information content (AvgIpc) is 2.71. The summed E-state index contributed by atoms with van der Waals surface area (Å²) in [6, 6.07) is 0. The number of aliphatic hydroxyl groups is 1. The number of nitrogens with zero attached hydrogens (tertiary/aromatic N) is 1. The molecule has 2 aliphatic rings. The summed E-state index contributed by atoms with van der Waals surface area (Å²) in [5, 5.41) is 18.1. The second-order valence-corrected chi connectivity index (χ2v) is 9.32. The van der Waals surface area contributed by atoms with Crippen molar-refractivity contribution in [3.05, 3.63) is 46.9 Å². The standard InChI is InChI=1S/C23H37ClN2OS/c1-4-15-28-18-21(19(3)16-20(24)5-2)22(17-26-13-11-25-12-14-26)23(27)9-7-6-8-10-23/h4,16,18,22,25,27H,1,3,5-15,17H2,2H3/b20-16+,21-18+. The van der Waals surface area contributed by atoms with Crippen molar-refractivity contribution in [2.24, 2.45) is 5.92 Å². The van der Waals surface area contributed by atoms with Gasteiger partial charge in [-0.05, 0) is 41.9 Å². The van der Waals surface area contributed by atoms with Crippen molar-refractivity contribution in [2.45, 2.75) is 51.0 Å². The van der Waals surface area contributed by atoms with E-state index >= 15 is 0 Å². The molecule has 0 bridgehead atoms. The molecule has 3 nitrogen and oxygen atoms in total. The fraction of sp³-hybridized carbons (Fsp3) is 0.652. The minimum atomic E-state index is -0.667. The molecule has 0 spiro atoms. The van der Waals surface area contributed by atoms with E-state index < -0.39 is 5.60 Å². The van der Waals surface area contributed by atoms with Crippen LogP contribution in [0.3, 0.4) is 0 Å². The predicted octanol–water partition coefficient (Wildman–Crippen LogP) is 5.10. The van der Waals surface area contributed by atoms with Gasteiger partial charge in [0.05, 0.1) is 5.60 Å². The van der Waals surface area contributed by atoms with E-state index in [4.69, 9.17) is 11.6 Å². The molecule has 5 heteroatoms. The summed E-state index contributed by atoms with van der Waals surface area (Å²) >= 11 is 8.07. The third-order valence-electron chi connectivity index (χ3n) is 5.86. The Hall–Kier alpha value is -0.520. The lowest BCUT2D eigenvalue weighted by molar-refractivity contribution is -0.0463. The summed E-state index contributed by atoms with van der Waals surface area (Å²) in [5.74, 6) is 0.897. The Bertz CT molecular complexity index is 575. The number of piperazine rings is 1. The van der Waals surface area contributed by atoms with Crippen LogP contribution in [0.15, 0.2) is 46.9 Å². The van der Waals surface area contributed by atoms with Crippen LogP contribution >= 0.6 is 23.4 Å². The van der Waals surface area contributed by atoms with Gasteiger partial charge in [0.15, 0.2) is 0 Å². The van der Waals surface area contributed by atoms with Crippen LogP contribution in [0.25, 0.3) is 0 Å². The molecule has 0 amide bonds. The maximum Gasteiger partial charge on any atom is 0.0728 e. The quantitative estimate of drug-likeness (QED) is 0.290. The molecule has 1 atom stereocenters. The summed E-state index contributed by atoms with van der Waals surface area (Å²) in [6.45, 7) is 15.2. The van der Waals surface area contributed by atoms with Gasteiger partial charge in [0.1, 0.15) is 0 Å². The van der Waals surface area contributed by atoms with Crippen LogP contribution in [0.2, 0.25) is 0 Å². The zero-order valence-electron chi connectivity index (χ0n) is 17.4. The van der Waals surface area contributed by atoms with Crippen molar-refractivity contribution in [3.8, 4) is 0 Å². The zero-order valence-corrected chi connectivity index (χ0v) is 19.0. The molecule has 0 aromatic carbocycles. The number of hydrogen-bond donors (Lipinski definition) is 2. The minimum absolute atomic E-state index is 0.0493. The van der Waals surface area contributed by atoms with Crippen LogP contribution in [-0.4, -0.2) is 54.1 Å². The molecule has 1 aliphatic heterocycles. The molecule has 1 saturated carbocycles. The molecule has 28 heavy (non-hydrogen) atoms. The highest BCUT2D eigenvalue weighted by Crippen LogP contribution is 2.41. The van der Waals surface area contributed by atoms with Crippen molar-refractivity contribution in [2.75, 3.05) is 38.5 Å². The first-order chi connectivity index (χ1) is 13.5. The molecule has 0 aromatic heterocycles. The van der Waals surface area contributed by atoms with Gasteiger partial charge < -0.3 is 15.3 Å². The molecule has 1 unspecified atom stereocenters. The van der Waals surface area contributed by atoms with E-state index in [-0.39, 0.29) is 5.92 Å². The number of hydrogen-bond acceptors (Lipinski definition) is 4. The highest BCUT2D eigenvalue weighted by Gasteiger charge is 2.41. The van der Waals surface area contributed by atoms with Gasteiger partial charge in [0.25, 0.3) is 0 Å². The fourth-order valence-corrected chi connectivity index (χ4v) is 5.04. The van der Waals surface area contributed by atoms with E-state index in [0.717, 1.165) is 86.8 Å². The average molecular weight is 425 g/mol. The Labute approximate surface area is 181 Å². The van der Waals surface area contributed by atoms with Crippen molar-refractivity contribution in [1.29, 1.82) is 0 Å². The molecule has 0 aromatic rings. The highest BCUT2D eigenvalue weighted by molar-refractivity contribution is 8.02. The van der Waals surface area contributed by atoms with E-state index in [1.165, 1.54) is 6.42 Å². The van der Waals surface area contributed by atoms with Crippen LogP contribution in [0, 0.1) is 5.92 Å². The molecule has 2 fully saturated rings. The van der Waals surface area contributed by atoms with Crippen LogP contribution in [0.1, 0.15) is 45.4 Å². The molecular formula is C23H37ClN2OS. The highest BCUT2D eigenvalue weighted by atomic mass is 35.5. The van der Waals surface area contributed by atoms with E-state index in [1.807, 2.05) is 12.2 Å². The summed E-state index contributed by atoms with van der Waals surface area (Å²) in [7, 11) is 0. The molecule has 2 rings (SSSR count). The van der Waals surface area contributed by atoms with Gasteiger partial charge in [0.2, 0.25) is 0 Å². The Balaban J connectivity index is 2.35. The monoisotopic (exact) mass is 424 g/mol. The van der Waals surface area contributed by atoms with Gasteiger partial charge in [-0.1, -0.05) is 50.4 Å². The SMILES string of the molecule is C=CCS/C=C(\C(=C)/C=C(/Cl)CC)C(CN1CCNCC1)C1(O)CCCCC1. The number of rotatable bonds is 10. The molecule has 1 heterocycles. The van der Waals surface area contributed by atoms with Gasteiger partial charge in [-0.2, -0.15) is 0 Å². The first-order valence-corrected chi connectivity index (χ1v) is 12.1. The lowest BCUT2D eigenvalue weighted by Gasteiger charge is -2.43. The van der Waals surface area contributed by atoms with Crippen molar-refractivity contribution < 1.29 is 5.11 Å². The molecule has 1 saturated heterocycles. The predicted molar refractivity (Wildman–Crippen MR) is 125 cm³/mol. The Kier molecular flexibility index (Phi) is 10.4. The van der Waals surface area contributed by atoms with E-state index in [0.29, 0.717) is 0 Å². The Morgan fingerprint density at radius 3 is 2.57 bits per heavy atom. The normalized spacial score (nSPS) is 22.7. The van der Waals surface area contributed by atoms with E-state index in [9.17, 15) is 5.11 Å².